The van der Waals surface area contributed by atoms with Crippen molar-refractivity contribution < 1.29 is 19.1 Å². The van der Waals surface area contributed by atoms with E-state index in [0.717, 1.165) is 56.8 Å². The van der Waals surface area contributed by atoms with Gasteiger partial charge in [0.2, 0.25) is 0 Å². The van der Waals surface area contributed by atoms with Crippen molar-refractivity contribution in [1.82, 2.24) is 0 Å². The number of hydrogen-bond donors (Lipinski definition) is 0. The molecule has 0 aliphatic carbocycles. The van der Waals surface area contributed by atoms with Crippen LogP contribution in [0.25, 0.3) is 0 Å². The maximum atomic E-state index is 12.3. The van der Waals surface area contributed by atoms with Gasteiger partial charge in [-0.3, -0.25) is 9.59 Å². The molecule has 238 valence electrons. The number of ether oxygens (including phenoxy) is 2. The summed E-state index contributed by atoms with van der Waals surface area (Å²) in [6.07, 6.45) is 26.5. The van der Waals surface area contributed by atoms with Gasteiger partial charge in [-0.2, -0.15) is 0 Å². The Kier molecular flexibility index (Phi) is 27.3. The highest BCUT2D eigenvalue weighted by molar-refractivity contribution is 5.72. The minimum absolute atomic E-state index is 0.00258. The summed E-state index contributed by atoms with van der Waals surface area (Å²) in [7, 11) is 0. The number of carbonyl (C=O) groups is 2. The summed E-state index contributed by atoms with van der Waals surface area (Å²) < 4.78 is 10.8. The summed E-state index contributed by atoms with van der Waals surface area (Å²) in [4.78, 5) is 24.1. The molecule has 0 saturated carbocycles. The molecule has 0 heterocycles. The largest absolute Gasteiger partial charge is 0.466 e. The van der Waals surface area contributed by atoms with Crippen LogP contribution in [0.5, 0.6) is 0 Å². The Morgan fingerprint density at radius 2 is 0.825 bits per heavy atom. The quantitative estimate of drug-likeness (QED) is 0.0667. The van der Waals surface area contributed by atoms with E-state index in [1.54, 1.807) is 0 Å². The summed E-state index contributed by atoms with van der Waals surface area (Å²) in [5, 5.41) is 0. The predicted molar refractivity (Wildman–Crippen MR) is 171 cm³/mol. The van der Waals surface area contributed by atoms with E-state index in [0.29, 0.717) is 25.6 Å². The topological polar surface area (TPSA) is 52.6 Å². The molecule has 0 bridgehead atoms. The van der Waals surface area contributed by atoms with Gasteiger partial charge in [0.1, 0.15) is 0 Å². The first kappa shape index (κ1) is 38.9. The fourth-order valence-corrected chi connectivity index (χ4v) is 5.21. The zero-order chi connectivity index (χ0) is 29.8. The van der Waals surface area contributed by atoms with Gasteiger partial charge >= 0.3 is 11.9 Å². The summed E-state index contributed by atoms with van der Waals surface area (Å²) >= 11 is 0. The van der Waals surface area contributed by atoms with Gasteiger partial charge in [-0.05, 0) is 56.3 Å². The fourth-order valence-electron chi connectivity index (χ4n) is 5.21. The van der Waals surface area contributed by atoms with Crippen molar-refractivity contribution >= 4 is 11.9 Å². The highest BCUT2D eigenvalue weighted by Gasteiger charge is 2.21. The Labute approximate surface area is 250 Å². The number of hydrogen-bond acceptors (Lipinski definition) is 4. The van der Waals surface area contributed by atoms with Crippen LogP contribution < -0.4 is 0 Å². The third-order valence-corrected chi connectivity index (χ3v) is 8.37. The fraction of sp³-hybridized carbons (Fsp3) is 0.944. The highest BCUT2D eigenvalue weighted by atomic mass is 16.5. The van der Waals surface area contributed by atoms with Crippen LogP contribution in [0.3, 0.4) is 0 Å². The molecule has 0 spiro atoms. The van der Waals surface area contributed by atoms with E-state index in [9.17, 15) is 9.59 Å². The number of rotatable bonds is 29. The van der Waals surface area contributed by atoms with E-state index < -0.39 is 0 Å². The van der Waals surface area contributed by atoms with Gasteiger partial charge in [0.05, 0.1) is 19.1 Å². The molecule has 2 atom stereocenters. The van der Waals surface area contributed by atoms with E-state index in [1.807, 2.05) is 6.92 Å². The SMILES string of the molecule is CC(C)CCCCOC(=O)CCCCCCCCCCCCCCCCC(C)C(C)C(=O)OCCCCC(C)C. The molecule has 0 rings (SSSR count). The van der Waals surface area contributed by atoms with Crippen molar-refractivity contribution in [1.29, 1.82) is 0 Å². The van der Waals surface area contributed by atoms with Gasteiger partial charge in [0.15, 0.2) is 0 Å². The van der Waals surface area contributed by atoms with Crippen LogP contribution in [-0.4, -0.2) is 25.2 Å². The van der Waals surface area contributed by atoms with Crippen molar-refractivity contribution in [3.63, 3.8) is 0 Å². The van der Waals surface area contributed by atoms with Gasteiger partial charge in [-0.1, -0.05) is 138 Å². The van der Waals surface area contributed by atoms with Crippen LogP contribution in [0.15, 0.2) is 0 Å². The molecule has 4 nitrogen and oxygen atoms in total. The lowest BCUT2D eigenvalue weighted by molar-refractivity contribution is -0.150. The van der Waals surface area contributed by atoms with Crippen LogP contribution in [-0.2, 0) is 19.1 Å². The Morgan fingerprint density at radius 1 is 0.450 bits per heavy atom. The Morgan fingerprint density at radius 3 is 1.27 bits per heavy atom. The molecule has 0 N–H and O–H groups in total. The van der Waals surface area contributed by atoms with Gasteiger partial charge in [0.25, 0.3) is 0 Å². The Balaban J connectivity index is 3.39. The van der Waals surface area contributed by atoms with Crippen LogP contribution in [0.4, 0.5) is 0 Å². The van der Waals surface area contributed by atoms with Crippen molar-refractivity contribution in [2.45, 2.75) is 183 Å². The van der Waals surface area contributed by atoms with Crippen LogP contribution in [0, 0.1) is 23.7 Å². The van der Waals surface area contributed by atoms with Gasteiger partial charge in [0, 0.05) is 6.42 Å². The summed E-state index contributed by atoms with van der Waals surface area (Å²) in [6.45, 7) is 14.4. The average Bonchev–Trinajstić information content (AvgIpc) is 2.91. The van der Waals surface area contributed by atoms with Crippen LogP contribution in [0.1, 0.15) is 183 Å². The molecule has 0 aliphatic heterocycles. The minimum atomic E-state index is -0.00568. The monoisotopic (exact) mass is 567 g/mol. The van der Waals surface area contributed by atoms with Crippen molar-refractivity contribution in [3.05, 3.63) is 0 Å². The summed E-state index contributed by atoms with van der Waals surface area (Å²) in [6, 6.07) is 0. The Hall–Kier alpha value is -1.06. The van der Waals surface area contributed by atoms with E-state index in [2.05, 4.69) is 34.6 Å². The van der Waals surface area contributed by atoms with E-state index >= 15 is 0 Å². The first-order valence-corrected chi connectivity index (χ1v) is 17.6. The zero-order valence-electron chi connectivity index (χ0n) is 27.9. The molecule has 4 heteroatoms. The molecule has 0 amide bonds. The molecule has 0 aromatic rings. The lowest BCUT2D eigenvalue weighted by atomic mass is 9.90. The molecule has 0 aromatic carbocycles. The standard InChI is InChI=1S/C36H70O4/c1-31(2)25-21-23-29-39-35(37)28-20-18-16-14-12-10-8-7-9-11-13-15-17-19-27-33(5)34(6)36(38)40-30-24-22-26-32(3)4/h31-34H,7-30H2,1-6H3. The van der Waals surface area contributed by atoms with Crippen molar-refractivity contribution in [2.75, 3.05) is 13.2 Å². The zero-order valence-corrected chi connectivity index (χ0v) is 27.9. The highest BCUT2D eigenvalue weighted by Crippen LogP contribution is 2.21. The smallest absolute Gasteiger partial charge is 0.308 e. The molecule has 0 aliphatic rings. The first-order valence-electron chi connectivity index (χ1n) is 17.6. The van der Waals surface area contributed by atoms with E-state index in [-0.39, 0.29) is 17.9 Å². The first-order chi connectivity index (χ1) is 19.2. The predicted octanol–water partition coefficient (Wildman–Crippen LogP) is 11.2. The lowest BCUT2D eigenvalue weighted by Crippen LogP contribution is -2.22. The minimum Gasteiger partial charge on any atom is -0.466 e. The van der Waals surface area contributed by atoms with Crippen LogP contribution >= 0.6 is 0 Å². The molecule has 0 aromatic heterocycles. The van der Waals surface area contributed by atoms with Crippen molar-refractivity contribution in [3.8, 4) is 0 Å². The third kappa shape index (κ3) is 27.1. The second-order valence-corrected chi connectivity index (χ2v) is 13.4. The van der Waals surface area contributed by atoms with Gasteiger partial charge < -0.3 is 9.47 Å². The maximum Gasteiger partial charge on any atom is 0.308 e. The summed E-state index contributed by atoms with van der Waals surface area (Å²) in [5.41, 5.74) is 0. The molecule has 0 saturated heterocycles. The second-order valence-electron chi connectivity index (χ2n) is 13.4. The normalized spacial score (nSPS) is 13.1. The number of carbonyl (C=O) groups excluding carboxylic acids is 2. The number of esters is 2. The summed E-state index contributed by atoms with van der Waals surface area (Å²) in [5.74, 6) is 1.88. The lowest BCUT2D eigenvalue weighted by Gasteiger charge is -2.18. The van der Waals surface area contributed by atoms with Gasteiger partial charge in [-0.25, -0.2) is 0 Å². The number of unbranched alkanes of at least 4 members (excludes halogenated alkanes) is 15. The molecule has 2 unspecified atom stereocenters. The van der Waals surface area contributed by atoms with Crippen molar-refractivity contribution in [2.24, 2.45) is 23.7 Å². The molecular weight excluding hydrogens is 496 g/mol. The van der Waals surface area contributed by atoms with E-state index in [1.165, 1.54) is 89.9 Å². The molecular formula is C36H70O4. The maximum absolute atomic E-state index is 12.3. The second kappa shape index (κ2) is 28.1. The molecule has 0 fully saturated rings. The molecule has 0 radical (unpaired) electrons. The molecule has 40 heavy (non-hydrogen) atoms. The average molecular weight is 567 g/mol. The third-order valence-electron chi connectivity index (χ3n) is 8.37. The van der Waals surface area contributed by atoms with Crippen LogP contribution in [0.2, 0.25) is 0 Å². The van der Waals surface area contributed by atoms with Gasteiger partial charge in [-0.15, -0.1) is 0 Å². The van der Waals surface area contributed by atoms with E-state index in [4.69, 9.17) is 9.47 Å². The Bertz CT molecular complexity index is 571.